The second-order valence-electron chi connectivity index (χ2n) is 7.46. The van der Waals surface area contributed by atoms with Crippen molar-refractivity contribution in [3.05, 3.63) is 64.9 Å². The number of halogens is 1. The molecule has 6 heteroatoms. The topological polar surface area (TPSA) is 53.5 Å². The van der Waals surface area contributed by atoms with Crippen LogP contribution in [0.3, 0.4) is 0 Å². The summed E-state index contributed by atoms with van der Waals surface area (Å²) < 4.78 is 0. The van der Waals surface area contributed by atoms with Gasteiger partial charge in [0.25, 0.3) is 5.91 Å². The first-order chi connectivity index (χ1) is 13.1. The Morgan fingerprint density at radius 3 is 2.70 bits per heavy atom. The number of piperidine rings is 1. The molecule has 1 aromatic carbocycles. The molecular formula is C21H22ClN3O2. The monoisotopic (exact) mass is 383 g/mol. The van der Waals surface area contributed by atoms with Gasteiger partial charge in [-0.1, -0.05) is 17.7 Å². The molecule has 0 aliphatic carbocycles. The predicted octanol–water partition coefficient (Wildman–Crippen LogP) is 3.39. The maximum atomic E-state index is 13.3. The van der Waals surface area contributed by atoms with Gasteiger partial charge in [0, 0.05) is 49.2 Å². The Bertz CT molecular complexity index is 840. The molecule has 2 saturated heterocycles. The zero-order valence-electron chi connectivity index (χ0n) is 15.1. The van der Waals surface area contributed by atoms with Gasteiger partial charge in [-0.25, -0.2) is 0 Å². The molecule has 2 aliphatic rings. The van der Waals surface area contributed by atoms with E-state index < -0.39 is 5.41 Å². The van der Waals surface area contributed by atoms with Crippen LogP contribution in [0, 0.1) is 5.41 Å². The number of aromatic nitrogens is 1. The summed E-state index contributed by atoms with van der Waals surface area (Å²) in [6.07, 6.45) is 6.09. The molecule has 0 saturated carbocycles. The third-order valence-electron chi connectivity index (χ3n) is 5.65. The number of carbonyl (C=O) groups is 2. The number of likely N-dealkylation sites (tertiary alicyclic amines) is 2. The molecule has 3 heterocycles. The van der Waals surface area contributed by atoms with E-state index in [0.29, 0.717) is 30.2 Å². The van der Waals surface area contributed by atoms with E-state index in [1.165, 1.54) is 0 Å². The summed E-state index contributed by atoms with van der Waals surface area (Å²) in [5.41, 5.74) is 1.21. The van der Waals surface area contributed by atoms with Crippen molar-refractivity contribution >= 4 is 23.4 Å². The van der Waals surface area contributed by atoms with Gasteiger partial charge in [-0.2, -0.15) is 0 Å². The number of benzene rings is 1. The van der Waals surface area contributed by atoms with Gasteiger partial charge in [-0.3, -0.25) is 14.6 Å². The highest BCUT2D eigenvalue weighted by molar-refractivity contribution is 6.30. The Kier molecular flexibility index (Phi) is 4.87. The number of hydrogen-bond acceptors (Lipinski definition) is 3. The van der Waals surface area contributed by atoms with E-state index in [2.05, 4.69) is 4.98 Å². The molecule has 2 amide bonds. The number of amides is 2. The summed E-state index contributed by atoms with van der Waals surface area (Å²) in [6, 6.07) is 10.8. The lowest BCUT2D eigenvalue weighted by Crippen LogP contribution is -2.50. The van der Waals surface area contributed by atoms with Gasteiger partial charge in [0.15, 0.2) is 0 Å². The second-order valence-corrected chi connectivity index (χ2v) is 7.89. The van der Waals surface area contributed by atoms with Crippen molar-refractivity contribution in [2.45, 2.75) is 25.8 Å². The molecule has 1 spiro atoms. The van der Waals surface area contributed by atoms with Gasteiger partial charge in [0.2, 0.25) is 5.91 Å². The Labute approximate surface area is 163 Å². The summed E-state index contributed by atoms with van der Waals surface area (Å²) in [5, 5.41) is 0.609. The Balaban J connectivity index is 1.47. The number of pyridine rings is 1. The van der Waals surface area contributed by atoms with Crippen molar-refractivity contribution in [3.63, 3.8) is 0 Å². The molecule has 5 nitrogen and oxygen atoms in total. The average molecular weight is 384 g/mol. The van der Waals surface area contributed by atoms with Crippen LogP contribution in [0.15, 0.2) is 48.8 Å². The predicted molar refractivity (Wildman–Crippen MR) is 103 cm³/mol. The average Bonchev–Trinajstić information content (AvgIpc) is 3.12. The van der Waals surface area contributed by atoms with Gasteiger partial charge in [0.05, 0.1) is 5.41 Å². The van der Waals surface area contributed by atoms with Gasteiger partial charge < -0.3 is 9.80 Å². The first kappa shape index (κ1) is 18.0. The molecule has 0 bridgehead atoms. The fourth-order valence-electron chi connectivity index (χ4n) is 4.21. The summed E-state index contributed by atoms with van der Waals surface area (Å²) in [5.74, 6) is 0.143. The molecule has 1 atom stereocenters. The molecular weight excluding hydrogens is 362 g/mol. The quantitative estimate of drug-likeness (QED) is 0.816. The molecule has 2 fully saturated rings. The van der Waals surface area contributed by atoms with Gasteiger partial charge >= 0.3 is 0 Å². The highest BCUT2D eigenvalue weighted by atomic mass is 35.5. The van der Waals surface area contributed by atoms with Crippen molar-refractivity contribution in [2.24, 2.45) is 5.41 Å². The van der Waals surface area contributed by atoms with Crippen LogP contribution >= 0.6 is 11.6 Å². The lowest BCUT2D eigenvalue weighted by Gasteiger charge is -2.39. The van der Waals surface area contributed by atoms with Crippen molar-refractivity contribution in [2.75, 3.05) is 19.6 Å². The van der Waals surface area contributed by atoms with Crippen molar-refractivity contribution in [1.82, 2.24) is 14.8 Å². The molecule has 27 heavy (non-hydrogen) atoms. The first-order valence-electron chi connectivity index (χ1n) is 9.31. The third kappa shape index (κ3) is 3.56. The fraction of sp³-hybridized carbons (Fsp3) is 0.381. The van der Waals surface area contributed by atoms with Crippen LogP contribution in [0.5, 0.6) is 0 Å². The highest BCUT2D eigenvalue weighted by Crippen LogP contribution is 2.41. The molecule has 4 rings (SSSR count). The molecule has 2 aliphatic heterocycles. The molecule has 0 N–H and O–H groups in total. The van der Waals surface area contributed by atoms with Crippen molar-refractivity contribution in [1.29, 1.82) is 0 Å². The van der Waals surface area contributed by atoms with Crippen molar-refractivity contribution < 1.29 is 9.59 Å². The fourth-order valence-corrected chi connectivity index (χ4v) is 4.34. The maximum absolute atomic E-state index is 13.3. The summed E-state index contributed by atoms with van der Waals surface area (Å²) in [7, 11) is 0. The second kappa shape index (κ2) is 7.31. The van der Waals surface area contributed by atoms with Crippen LogP contribution in [-0.2, 0) is 11.3 Å². The molecule has 1 aromatic heterocycles. The Morgan fingerprint density at radius 2 is 1.96 bits per heavy atom. The number of rotatable bonds is 3. The standard InChI is InChI=1S/C21H22ClN3O2/c22-18-6-4-17(5-7-18)19(26)25-12-9-21(15-25)8-2-11-24(20(21)27)14-16-3-1-10-23-13-16/h1,3-7,10,13H,2,8-9,11-12,14-15H2/t21-/m1/s1. The van der Waals surface area contributed by atoms with Gasteiger partial charge in [0.1, 0.15) is 0 Å². The number of hydrogen-bond donors (Lipinski definition) is 0. The van der Waals surface area contributed by atoms with Crippen LogP contribution < -0.4 is 0 Å². The molecule has 140 valence electrons. The first-order valence-corrected chi connectivity index (χ1v) is 9.68. The van der Waals surface area contributed by atoms with Crippen LogP contribution in [0.2, 0.25) is 5.02 Å². The lowest BCUT2D eigenvalue weighted by molar-refractivity contribution is -0.146. The van der Waals surface area contributed by atoms with E-state index in [1.54, 1.807) is 36.7 Å². The summed E-state index contributed by atoms with van der Waals surface area (Å²) in [6.45, 7) is 2.46. The zero-order chi connectivity index (χ0) is 18.9. The minimum absolute atomic E-state index is 0.0271. The lowest BCUT2D eigenvalue weighted by atomic mass is 9.78. The zero-order valence-corrected chi connectivity index (χ0v) is 15.9. The number of carbonyl (C=O) groups excluding carboxylic acids is 2. The minimum atomic E-state index is -0.442. The summed E-state index contributed by atoms with van der Waals surface area (Å²) >= 11 is 5.91. The van der Waals surface area contributed by atoms with Gasteiger partial charge in [-0.15, -0.1) is 0 Å². The minimum Gasteiger partial charge on any atom is -0.338 e. The van der Waals surface area contributed by atoms with Crippen molar-refractivity contribution in [3.8, 4) is 0 Å². The maximum Gasteiger partial charge on any atom is 0.253 e. The van der Waals surface area contributed by atoms with Crippen LogP contribution in [0.25, 0.3) is 0 Å². The molecule has 0 radical (unpaired) electrons. The Morgan fingerprint density at radius 1 is 1.15 bits per heavy atom. The van der Waals surface area contributed by atoms with E-state index in [0.717, 1.165) is 31.4 Å². The SMILES string of the molecule is O=C(c1ccc(Cl)cc1)N1CC[C@]2(CCCN(Cc3cccnc3)C2=O)C1. The Hall–Kier alpha value is -2.40. The van der Waals surface area contributed by atoms with E-state index >= 15 is 0 Å². The van der Waals surface area contributed by atoms with E-state index in [9.17, 15) is 9.59 Å². The van der Waals surface area contributed by atoms with Crippen LogP contribution in [0.1, 0.15) is 35.2 Å². The van der Waals surface area contributed by atoms with Gasteiger partial charge in [-0.05, 0) is 55.2 Å². The smallest absolute Gasteiger partial charge is 0.253 e. The molecule has 2 aromatic rings. The molecule has 0 unspecified atom stereocenters. The summed E-state index contributed by atoms with van der Waals surface area (Å²) in [4.78, 5) is 33.9. The van der Waals surface area contributed by atoms with E-state index in [1.807, 2.05) is 21.9 Å². The van der Waals surface area contributed by atoms with Crippen LogP contribution in [0.4, 0.5) is 0 Å². The highest BCUT2D eigenvalue weighted by Gasteiger charge is 2.49. The van der Waals surface area contributed by atoms with E-state index in [4.69, 9.17) is 11.6 Å². The number of nitrogens with zero attached hydrogens (tertiary/aromatic N) is 3. The largest absolute Gasteiger partial charge is 0.338 e. The third-order valence-corrected chi connectivity index (χ3v) is 5.90. The van der Waals surface area contributed by atoms with E-state index in [-0.39, 0.29) is 11.8 Å². The normalized spacial score (nSPS) is 22.5. The van der Waals surface area contributed by atoms with Crippen LogP contribution in [-0.4, -0.2) is 46.2 Å².